The van der Waals surface area contributed by atoms with Gasteiger partial charge in [0.15, 0.2) is 0 Å². The summed E-state index contributed by atoms with van der Waals surface area (Å²) < 4.78 is 3.37. The Bertz CT molecular complexity index is 441. The molecule has 66 valence electrons. The minimum Gasteiger partial charge on any atom is -1.00 e. The van der Waals surface area contributed by atoms with E-state index in [4.69, 9.17) is 6.42 Å². The van der Waals surface area contributed by atoms with Crippen LogP contribution in [0, 0.1) is 12.3 Å². The highest BCUT2D eigenvalue weighted by Gasteiger charge is 2.07. The first kappa shape index (κ1) is 10.2. The minimum atomic E-state index is 0. The van der Waals surface area contributed by atoms with Gasteiger partial charge >= 0.3 is 0 Å². The van der Waals surface area contributed by atoms with Crippen molar-refractivity contribution in [3.8, 4) is 12.3 Å². The van der Waals surface area contributed by atoms with Crippen molar-refractivity contribution in [1.82, 2.24) is 0 Å². The maximum Gasteiger partial charge on any atom is 0.226 e. The highest BCUT2D eigenvalue weighted by Crippen LogP contribution is 2.14. The fourth-order valence-corrected chi connectivity index (χ4v) is 2.08. The molecule has 0 bridgehead atoms. The maximum absolute atomic E-state index is 5.24. The molecule has 0 radical (unpaired) electrons. The number of benzene rings is 1. The van der Waals surface area contributed by atoms with Gasteiger partial charge in [-0.05, 0) is 12.0 Å². The van der Waals surface area contributed by atoms with Crippen LogP contribution in [0.5, 0.6) is 0 Å². The Labute approximate surface area is 91.8 Å². The van der Waals surface area contributed by atoms with Gasteiger partial charge in [0.1, 0.15) is 4.70 Å². The lowest BCUT2D eigenvalue weighted by molar-refractivity contribution is -0.654. The predicted octanol–water partition coefficient (Wildman–Crippen LogP) is -1.17. The second-order valence-electron chi connectivity index (χ2n) is 2.52. The zero-order chi connectivity index (χ0) is 8.39. The molecule has 0 aliphatic carbocycles. The lowest BCUT2D eigenvalue weighted by Crippen LogP contribution is -3.00. The third kappa shape index (κ3) is 1.90. The van der Waals surface area contributed by atoms with Crippen LogP contribution in [0.3, 0.4) is 0 Å². The van der Waals surface area contributed by atoms with Crippen LogP contribution in [0.15, 0.2) is 29.8 Å². The molecule has 0 fully saturated rings. The van der Waals surface area contributed by atoms with Crippen molar-refractivity contribution in [2.75, 3.05) is 0 Å². The first-order valence-corrected chi connectivity index (χ1v) is 4.59. The number of aromatic nitrogens is 1. The van der Waals surface area contributed by atoms with Gasteiger partial charge in [-0.3, -0.25) is 0 Å². The molecule has 0 saturated carbocycles. The van der Waals surface area contributed by atoms with E-state index in [0.717, 1.165) is 0 Å². The van der Waals surface area contributed by atoms with Gasteiger partial charge in [0.05, 0.1) is 0 Å². The molecule has 0 aliphatic heterocycles. The molecule has 2 rings (SSSR count). The van der Waals surface area contributed by atoms with Gasteiger partial charge in [0.2, 0.25) is 17.6 Å². The summed E-state index contributed by atoms with van der Waals surface area (Å²) in [5.74, 6) is 2.63. The van der Waals surface area contributed by atoms with Crippen molar-refractivity contribution in [3.05, 3.63) is 29.8 Å². The molecule has 1 aromatic heterocycles. The molecule has 0 atom stereocenters. The molecule has 0 spiro atoms. The van der Waals surface area contributed by atoms with Crippen LogP contribution in [0.2, 0.25) is 0 Å². The van der Waals surface area contributed by atoms with E-state index in [1.165, 1.54) is 10.2 Å². The molecular formula is C10H8BrNS. The normalized spacial score (nSPS) is 9.15. The second-order valence-corrected chi connectivity index (χ2v) is 3.41. The number of thiazole rings is 1. The van der Waals surface area contributed by atoms with Crippen LogP contribution >= 0.6 is 11.3 Å². The lowest BCUT2D eigenvalue weighted by Gasteiger charge is -1.85. The van der Waals surface area contributed by atoms with Crippen molar-refractivity contribution < 1.29 is 21.5 Å². The van der Waals surface area contributed by atoms with E-state index < -0.39 is 0 Å². The highest BCUT2D eigenvalue weighted by molar-refractivity contribution is 7.16. The molecule has 0 saturated heterocycles. The molecule has 1 heterocycles. The molecule has 1 aromatic carbocycles. The number of halogens is 1. The van der Waals surface area contributed by atoms with Gasteiger partial charge in [-0.25, -0.2) is 0 Å². The third-order valence-corrected chi connectivity index (χ3v) is 2.70. The highest BCUT2D eigenvalue weighted by atomic mass is 79.9. The van der Waals surface area contributed by atoms with E-state index in [-0.39, 0.29) is 17.0 Å². The van der Waals surface area contributed by atoms with Crippen molar-refractivity contribution in [2.45, 2.75) is 6.54 Å². The fraction of sp³-hybridized carbons (Fsp3) is 0.100. The average Bonchev–Trinajstić information content (AvgIpc) is 2.50. The van der Waals surface area contributed by atoms with E-state index in [9.17, 15) is 0 Å². The molecule has 0 unspecified atom stereocenters. The lowest BCUT2D eigenvalue weighted by atomic mass is 10.3. The van der Waals surface area contributed by atoms with Gasteiger partial charge in [-0.15, -0.1) is 6.42 Å². The number of nitrogens with zero attached hydrogens (tertiary/aromatic N) is 1. The molecule has 2 aromatic rings. The standard InChI is InChI=1S/C10H8NS.BrH/c1-2-7-11-8-12-10-6-4-3-5-9(10)11;/h1,3-6,8H,7H2;1H/q+1;/p-1. The number of hydrogen-bond acceptors (Lipinski definition) is 1. The van der Waals surface area contributed by atoms with Crippen LogP contribution in [0.25, 0.3) is 10.2 Å². The van der Waals surface area contributed by atoms with Gasteiger partial charge in [0.25, 0.3) is 0 Å². The summed E-state index contributed by atoms with van der Waals surface area (Å²) in [6.45, 7) is 0.657. The van der Waals surface area contributed by atoms with Gasteiger partial charge in [0, 0.05) is 6.07 Å². The molecular weight excluding hydrogens is 246 g/mol. The summed E-state index contributed by atoms with van der Waals surface area (Å²) in [5.41, 5.74) is 3.28. The van der Waals surface area contributed by atoms with Crippen LogP contribution in [0.1, 0.15) is 0 Å². The predicted molar refractivity (Wildman–Crippen MR) is 50.9 cm³/mol. The molecule has 0 amide bonds. The molecule has 0 aliphatic rings. The van der Waals surface area contributed by atoms with Crippen LogP contribution in [-0.4, -0.2) is 0 Å². The Morgan fingerprint density at radius 2 is 2.15 bits per heavy atom. The quantitative estimate of drug-likeness (QED) is 0.446. The van der Waals surface area contributed by atoms with E-state index in [1.807, 2.05) is 12.1 Å². The van der Waals surface area contributed by atoms with Crippen LogP contribution < -0.4 is 21.5 Å². The number of fused-ring (bicyclic) bond motifs is 1. The Hall–Kier alpha value is -0.850. The summed E-state index contributed by atoms with van der Waals surface area (Å²) in [4.78, 5) is 0. The SMILES string of the molecule is C#CC[n+]1csc2ccccc21.[Br-]. The number of rotatable bonds is 1. The van der Waals surface area contributed by atoms with Crippen molar-refractivity contribution in [1.29, 1.82) is 0 Å². The molecule has 0 N–H and O–H groups in total. The molecule has 13 heavy (non-hydrogen) atoms. The van der Waals surface area contributed by atoms with E-state index in [2.05, 4.69) is 28.1 Å². The van der Waals surface area contributed by atoms with Gasteiger partial charge in [-0.2, -0.15) is 4.57 Å². The van der Waals surface area contributed by atoms with Gasteiger partial charge in [-0.1, -0.05) is 23.5 Å². The summed E-state index contributed by atoms with van der Waals surface area (Å²) in [6, 6.07) is 8.26. The Kier molecular flexibility index (Phi) is 3.47. The average molecular weight is 254 g/mol. The van der Waals surface area contributed by atoms with Gasteiger partial charge < -0.3 is 17.0 Å². The summed E-state index contributed by atoms with van der Waals surface area (Å²) in [6.07, 6.45) is 5.24. The Balaban J connectivity index is 0.000000845. The first-order valence-electron chi connectivity index (χ1n) is 3.71. The van der Waals surface area contributed by atoms with Crippen molar-refractivity contribution in [2.24, 2.45) is 0 Å². The minimum absolute atomic E-state index is 0. The Morgan fingerprint density at radius 3 is 2.92 bits per heavy atom. The van der Waals surface area contributed by atoms with E-state index in [0.29, 0.717) is 6.54 Å². The number of hydrogen-bond donors (Lipinski definition) is 0. The van der Waals surface area contributed by atoms with Crippen molar-refractivity contribution >= 4 is 21.6 Å². The fourth-order valence-electron chi connectivity index (χ4n) is 1.19. The molecule has 3 heteroatoms. The van der Waals surface area contributed by atoms with Crippen LogP contribution in [-0.2, 0) is 6.54 Å². The first-order chi connectivity index (χ1) is 5.92. The van der Waals surface area contributed by atoms with Crippen LogP contribution in [0.4, 0.5) is 0 Å². The summed E-state index contributed by atoms with van der Waals surface area (Å²) in [7, 11) is 0. The number of para-hydroxylation sites is 1. The number of terminal acetylenes is 1. The largest absolute Gasteiger partial charge is 1.00 e. The van der Waals surface area contributed by atoms with E-state index in [1.54, 1.807) is 11.3 Å². The zero-order valence-corrected chi connectivity index (χ0v) is 9.31. The van der Waals surface area contributed by atoms with E-state index >= 15 is 0 Å². The summed E-state index contributed by atoms with van der Waals surface area (Å²) >= 11 is 1.72. The zero-order valence-electron chi connectivity index (χ0n) is 6.90. The smallest absolute Gasteiger partial charge is 0.226 e. The second kappa shape index (κ2) is 4.40. The summed E-state index contributed by atoms with van der Waals surface area (Å²) in [5, 5.41) is 0. The van der Waals surface area contributed by atoms with Crippen molar-refractivity contribution in [3.63, 3.8) is 0 Å². The maximum atomic E-state index is 5.24. The Morgan fingerprint density at radius 1 is 1.38 bits per heavy atom. The monoisotopic (exact) mass is 253 g/mol. The molecule has 1 nitrogen and oxygen atoms in total. The topological polar surface area (TPSA) is 3.88 Å². The third-order valence-electron chi connectivity index (χ3n) is 1.74.